The molecule has 0 bridgehead atoms. The lowest BCUT2D eigenvalue weighted by molar-refractivity contribution is -0.153. The van der Waals surface area contributed by atoms with Gasteiger partial charge in [-0.3, -0.25) is 4.79 Å². The van der Waals surface area contributed by atoms with Crippen LogP contribution in [0.2, 0.25) is 0 Å². The van der Waals surface area contributed by atoms with E-state index in [0.717, 1.165) is 36.3 Å². The molecule has 4 rings (SSSR count). The van der Waals surface area contributed by atoms with Crippen LogP contribution in [-0.4, -0.2) is 41.5 Å². The average Bonchev–Trinajstić information content (AvgIpc) is 3.18. The molecule has 0 fully saturated rings. The number of halogens is 3. The normalized spacial score (nSPS) is 14.0. The first-order chi connectivity index (χ1) is 15.7. The van der Waals surface area contributed by atoms with Crippen LogP contribution in [0.5, 0.6) is 11.5 Å². The van der Waals surface area contributed by atoms with E-state index in [0.29, 0.717) is 11.9 Å². The van der Waals surface area contributed by atoms with E-state index >= 15 is 0 Å². The molecule has 0 radical (unpaired) electrons. The Balaban J connectivity index is 1.32. The minimum atomic E-state index is -4.41. The molecule has 0 saturated carbocycles. The van der Waals surface area contributed by atoms with Gasteiger partial charge in [-0.1, -0.05) is 18.2 Å². The number of hydrogen-bond acceptors (Lipinski definition) is 5. The van der Waals surface area contributed by atoms with Crippen molar-refractivity contribution in [2.45, 2.75) is 45.5 Å². The van der Waals surface area contributed by atoms with Crippen molar-refractivity contribution in [1.29, 1.82) is 0 Å². The van der Waals surface area contributed by atoms with Gasteiger partial charge in [0.25, 0.3) is 5.56 Å². The minimum Gasteiger partial charge on any atom is -0.488 e. The molecule has 2 heterocycles. The van der Waals surface area contributed by atoms with Gasteiger partial charge in [-0.2, -0.15) is 18.2 Å². The highest BCUT2D eigenvalue weighted by molar-refractivity contribution is 5.83. The molecular formula is C24H26F3N3O3. The zero-order valence-corrected chi connectivity index (χ0v) is 18.5. The lowest BCUT2D eigenvalue weighted by Gasteiger charge is -2.17. The molecule has 1 aliphatic rings. The molecule has 1 unspecified atom stereocenters. The molecule has 6 nitrogen and oxygen atoms in total. The molecule has 1 atom stereocenters. The fourth-order valence-corrected chi connectivity index (χ4v) is 4.23. The second-order valence-corrected chi connectivity index (χ2v) is 8.28. The lowest BCUT2D eigenvalue weighted by atomic mass is 10.0. The Labute approximate surface area is 189 Å². The van der Waals surface area contributed by atoms with Crippen LogP contribution in [-0.2, 0) is 19.4 Å². The van der Waals surface area contributed by atoms with E-state index in [9.17, 15) is 18.0 Å². The molecule has 1 aliphatic heterocycles. The zero-order chi connectivity index (χ0) is 23.6. The summed E-state index contributed by atoms with van der Waals surface area (Å²) < 4.78 is 49.8. The van der Waals surface area contributed by atoms with Gasteiger partial charge in [-0.25, -0.2) is 0 Å². The van der Waals surface area contributed by atoms with Crippen molar-refractivity contribution in [3.63, 3.8) is 0 Å². The summed E-state index contributed by atoms with van der Waals surface area (Å²) in [7, 11) is 0. The predicted molar refractivity (Wildman–Crippen MR) is 119 cm³/mol. The van der Waals surface area contributed by atoms with E-state index < -0.39 is 12.8 Å². The number of ether oxygens (including phenoxy) is 2. The summed E-state index contributed by atoms with van der Waals surface area (Å²) >= 11 is 0. The Hall–Kier alpha value is -3.07. The third-order valence-electron chi connectivity index (χ3n) is 5.64. The van der Waals surface area contributed by atoms with Crippen LogP contribution in [0.3, 0.4) is 0 Å². The summed E-state index contributed by atoms with van der Waals surface area (Å²) in [5.74, 6) is 1.08. The molecule has 9 heteroatoms. The van der Waals surface area contributed by atoms with E-state index in [1.54, 1.807) is 18.2 Å². The molecule has 0 spiro atoms. The highest BCUT2D eigenvalue weighted by atomic mass is 19.4. The average molecular weight is 461 g/mol. The first-order valence-corrected chi connectivity index (χ1v) is 10.9. The number of hydrogen-bond donors (Lipinski definition) is 1. The van der Waals surface area contributed by atoms with Crippen molar-refractivity contribution in [2.75, 3.05) is 19.8 Å². The number of nitrogens with one attached hydrogen (secondary N) is 1. The van der Waals surface area contributed by atoms with Gasteiger partial charge in [0, 0.05) is 19.1 Å². The van der Waals surface area contributed by atoms with Crippen molar-refractivity contribution >= 4 is 10.9 Å². The van der Waals surface area contributed by atoms with Gasteiger partial charge in [0.05, 0.1) is 10.9 Å². The summed E-state index contributed by atoms with van der Waals surface area (Å²) in [6.45, 7) is 4.15. The van der Waals surface area contributed by atoms with Crippen LogP contribution in [0.1, 0.15) is 23.9 Å². The van der Waals surface area contributed by atoms with Crippen LogP contribution >= 0.6 is 0 Å². The van der Waals surface area contributed by atoms with Gasteiger partial charge in [-0.05, 0) is 56.0 Å². The maximum Gasteiger partial charge on any atom is 0.422 e. The van der Waals surface area contributed by atoms with Crippen molar-refractivity contribution in [2.24, 2.45) is 0 Å². The maximum atomic E-state index is 12.4. The predicted octanol–water partition coefficient (Wildman–Crippen LogP) is 3.80. The SMILES string of the molecule is Cc1nc(=O)c2cc(CC(C)NCCOc3ccccc3OCC(F)(F)F)cc3c2n1CC3. The molecule has 0 amide bonds. The summed E-state index contributed by atoms with van der Waals surface area (Å²) in [6.07, 6.45) is -2.79. The van der Waals surface area contributed by atoms with E-state index in [-0.39, 0.29) is 29.7 Å². The van der Waals surface area contributed by atoms with Crippen LogP contribution in [0, 0.1) is 6.92 Å². The molecule has 3 aromatic rings. The Kier molecular flexibility index (Phi) is 6.60. The highest BCUT2D eigenvalue weighted by Crippen LogP contribution is 2.29. The third-order valence-corrected chi connectivity index (χ3v) is 5.64. The standard InChI is InChI=1S/C24H26F3N3O3/c1-15(28-8-10-32-20-5-3-4-6-21(20)33-14-24(25,26)27)11-17-12-18-7-9-30-16(2)29-23(31)19(13-17)22(18)30/h3-6,12-13,15,28H,7-11,14H2,1-2H3. The smallest absolute Gasteiger partial charge is 0.422 e. The number of nitrogens with zero attached hydrogens (tertiary/aromatic N) is 2. The van der Waals surface area contributed by atoms with Crippen LogP contribution in [0.4, 0.5) is 13.2 Å². The van der Waals surface area contributed by atoms with Gasteiger partial charge < -0.3 is 19.4 Å². The zero-order valence-electron chi connectivity index (χ0n) is 18.5. The molecule has 176 valence electrons. The van der Waals surface area contributed by atoms with E-state index in [2.05, 4.69) is 20.9 Å². The minimum absolute atomic E-state index is 0.0617. The van der Waals surface area contributed by atoms with Crippen LogP contribution < -0.4 is 20.3 Å². The number of alkyl halides is 3. The first kappa shape index (κ1) is 23.1. The number of benzene rings is 2. The molecule has 1 aromatic heterocycles. The van der Waals surface area contributed by atoms with E-state index in [4.69, 9.17) is 9.47 Å². The van der Waals surface area contributed by atoms with Gasteiger partial charge in [0.2, 0.25) is 0 Å². The van der Waals surface area contributed by atoms with Crippen molar-refractivity contribution < 1.29 is 22.6 Å². The largest absolute Gasteiger partial charge is 0.488 e. The van der Waals surface area contributed by atoms with Gasteiger partial charge in [0.15, 0.2) is 18.1 Å². The first-order valence-electron chi connectivity index (χ1n) is 10.9. The number of para-hydroxylation sites is 2. The maximum absolute atomic E-state index is 12.4. The summed E-state index contributed by atoms with van der Waals surface area (Å²) in [6, 6.07) is 10.5. The molecule has 0 aliphatic carbocycles. The van der Waals surface area contributed by atoms with Gasteiger partial charge in [0.1, 0.15) is 12.4 Å². The quantitative estimate of drug-likeness (QED) is 0.491. The molecule has 2 aromatic carbocycles. The fourth-order valence-electron chi connectivity index (χ4n) is 4.23. The van der Waals surface area contributed by atoms with Crippen molar-refractivity contribution in [1.82, 2.24) is 14.9 Å². The number of aromatic nitrogens is 2. The van der Waals surface area contributed by atoms with Crippen LogP contribution in [0.25, 0.3) is 10.9 Å². The van der Waals surface area contributed by atoms with Gasteiger partial charge >= 0.3 is 6.18 Å². The van der Waals surface area contributed by atoms with E-state index in [1.807, 2.05) is 19.9 Å². The van der Waals surface area contributed by atoms with Crippen molar-refractivity contribution in [3.05, 3.63) is 63.7 Å². The van der Waals surface area contributed by atoms with Gasteiger partial charge in [-0.15, -0.1) is 0 Å². The van der Waals surface area contributed by atoms with Crippen LogP contribution in [0.15, 0.2) is 41.2 Å². The van der Waals surface area contributed by atoms with Crippen molar-refractivity contribution in [3.8, 4) is 11.5 Å². The Morgan fingerprint density at radius 1 is 1.18 bits per heavy atom. The highest BCUT2D eigenvalue weighted by Gasteiger charge is 2.29. The lowest BCUT2D eigenvalue weighted by Crippen LogP contribution is -2.32. The number of aryl methyl sites for hydroxylation is 3. The monoisotopic (exact) mass is 461 g/mol. The summed E-state index contributed by atoms with van der Waals surface area (Å²) in [5, 5.41) is 4.02. The Bertz CT molecular complexity index is 1210. The second-order valence-electron chi connectivity index (χ2n) is 8.28. The second kappa shape index (κ2) is 9.43. The molecule has 33 heavy (non-hydrogen) atoms. The third kappa shape index (κ3) is 5.47. The topological polar surface area (TPSA) is 65.4 Å². The molecular weight excluding hydrogens is 435 g/mol. The number of rotatable bonds is 9. The Morgan fingerprint density at radius 2 is 1.91 bits per heavy atom. The fraction of sp³-hybridized carbons (Fsp3) is 0.417. The Morgan fingerprint density at radius 3 is 2.64 bits per heavy atom. The molecule has 0 saturated heterocycles. The summed E-state index contributed by atoms with van der Waals surface area (Å²) in [5.41, 5.74) is 3.05. The molecule has 1 N–H and O–H groups in total. The van der Waals surface area contributed by atoms with E-state index in [1.165, 1.54) is 11.6 Å². The summed E-state index contributed by atoms with van der Waals surface area (Å²) in [4.78, 5) is 16.6.